The minimum absolute atomic E-state index is 1.23. The lowest BCUT2D eigenvalue weighted by molar-refractivity contribution is 1.35. The monoisotopic (exact) mass is 147 g/mol. The van der Waals surface area contributed by atoms with Gasteiger partial charge in [-0.1, -0.05) is 18.2 Å². The normalized spacial score (nSPS) is 10.7. The first kappa shape index (κ1) is 7.86. The van der Waals surface area contributed by atoms with E-state index in [2.05, 4.69) is 32.0 Å². The molecule has 1 aromatic carbocycles. The average molecular weight is 147 g/mol. The van der Waals surface area contributed by atoms with E-state index in [9.17, 15) is 0 Å². The first-order valence-corrected chi connectivity index (χ1v) is 3.70. The second kappa shape index (κ2) is 3.24. The lowest BCUT2D eigenvalue weighted by atomic mass is 10.0. The quantitative estimate of drug-likeness (QED) is 0.647. The van der Waals surface area contributed by atoms with Gasteiger partial charge in [0, 0.05) is 0 Å². The van der Waals surface area contributed by atoms with E-state index in [1.807, 2.05) is 6.08 Å². The summed E-state index contributed by atoms with van der Waals surface area (Å²) in [6, 6.07) is 6.23. The Balaban J connectivity index is 3.20. The van der Waals surface area contributed by atoms with Crippen LogP contribution in [-0.2, 0) is 0 Å². The molecule has 2 N–H and O–H groups in total. The van der Waals surface area contributed by atoms with Crippen LogP contribution in [0.25, 0.3) is 6.08 Å². The third kappa shape index (κ3) is 1.61. The number of aryl methyl sites for hydroxylation is 2. The fourth-order valence-corrected chi connectivity index (χ4v) is 1.19. The highest BCUT2D eigenvalue weighted by Gasteiger charge is 1.95. The number of rotatable bonds is 1. The number of benzene rings is 1. The molecular weight excluding hydrogens is 134 g/mol. The largest absolute Gasteiger partial charge is 0.405 e. The SMILES string of the molecule is Cc1cccc(C)c1/C=C\N. The van der Waals surface area contributed by atoms with Gasteiger partial charge in [0.2, 0.25) is 0 Å². The summed E-state index contributed by atoms with van der Waals surface area (Å²) < 4.78 is 0. The number of hydrogen-bond donors (Lipinski definition) is 1. The van der Waals surface area contributed by atoms with E-state index < -0.39 is 0 Å². The predicted molar refractivity (Wildman–Crippen MR) is 49.1 cm³/mol. The topological polar surface area (TPSA) is 26.0 Å². The fraction of sp³-hybridized carbons (Fsp3) is 0.200. The molecular formula is C10H13N. The van der Waals surface area contributed by atoms with E-state index in [-0.39, 0.29) is 0 Å². The standard InChI is InChI=1S/C10H13N/c1-8-4-3-5-9(2)10(8)6-7-11/h3-7H,11H2,1-2H3/b7-6-. The van der Waals surface area contributed by atoms with Crippen LogP contribution in [0.3, 0.4) is 0 Å². The Labute approximate surface area is 67.5 Å². The maximum atomic E-state index is 5.32. The first-order chi connectivity index (χ1) is 5.25. The molecule has 0 aliphatic heterocycles. The summed E-state index contributed by atoms with van der Waals surface area (Å²) >= 11 is 0. The smallest absolute Gasteiger partial charge is 0.00562 e. The maximum absolute atomic E-state index is 5.32. The molecule has 0 amide bonds. The molecule has 0 atom stereocenters. The molecule has 11 heavy (non-hydrogen) atoms. The van der Waals surface area contributed by atoms with Gasteiger partial charge in [0.05, 0.1) is 0 Å². The van der Waals surface area contributed by atoms with Crippen LogP contribution in [0.15, 0.2) is 24.4 Å². The Hall–Kier alpha value is -1.24. The molecule has 1 heteroatoms. The minimum atomic E-state index is 1.23. The van der Waals surface area contributed by atoms with Crippen molar-refractivity contribution in [3.63, 3.8) is 0 Å². The van der Waals surface area contributed by atoms with Crippen molar-refractivity contribution in [2.45, 2.75) is 13.8 Å². The molecule has 0 fully saturated rings. The molecule has 0 radical (unpaired) electrons. The van der Waals surface area contributed by atoms with Gasteiger partial charge < -0.3 is 5.73 Å². The zero-order valence-electron chi connectivity index (χ0n) is 6.96. The molecule has 1 aromatic rings. The second-order valence-electron chi connectivity index (χ2n) is 2.66. The van der Waals surface area contributed by atoms with Crippen LogP contribution in [0.4, 0.5) is 0 Å². The van der Waals surface area contributed by atoms with E-state index in [1.165, 1.54) is 16.7 Å². The molecule has 0 unspecified atom stereocenters. The van der Waals surface area contributed by atoms with Crippen LogP contribution in [-0.4, -0.2) is 0 Å². The molecule has 0 saturated heterocycles. The molecule has 0 bridgehead atoms. The van der Waals surface area contributed by atoms with E-state index in [0.29, 0.717) is 0 Å². The summed E-state index contributed by atoms with van der Waals surface area (Å²) in [4.78, 5) is 0. The summed E-state index contributed by atoms with van der Waals surface area (Å²) in [6.07, 6.45) is 3.51. The van der Waals surface area contributed by atoms with Crippen LogP contribution in [0, 0.1) is 13.8 Å². The van der Waals surface area contributed by atoms with Gasteiger partial charge in [-0.3, -0.25) is 0 Å². The molecule has 58 valence electrons. The average Bonchev–Trinajstić information content (AvgIpc) is 1.97. The van der Waals surface area contributed by atoms with E-state index in [0.717, 1.165) is 0 Å². The summed E-state index contributed by atoms with van der Waals surface area (Å²) in [7, 11) is 0. The van der Waals surface area contributed by atoms with Gasteiger partial charge in [-0.05, 0) is 42.8 Å². The van der Waals surface area contributed by atoms with Gasteiger partial charge in [-0.25, -0.2) is 0 Å². The Morgan fingerprint density at radius 1 is 1.18 bits per heavy atom. The third-order valence-corrected chi connectivity index (χ3v) is 1.81. The van der Waals surface area contributed by atoms with Crippen LogP contribution in [0.1, 0.15) is 16.7 Å². The zero-order valence-corrected chi connectivity index (χ0v) is 6.96. The van der Waals surface area contributed by atoms with Crippen molar-refractivity contribution in [3.05, 3.63) is 41.1 Å². The van der Waals surface area contributed by atoms with Gasteiger partial charge in [0.25, 0.3) is 0 Å². The summed E-state index contributed by atoms with van der Waals surface area (Å²) in [5.41, 5.74) is 9.09. The Kier molecular flexibility index (Phi) is 2.32. The third-order valence-electron chi connectivity index (χ3n) is 1.81. The molecule has 0 spiro atoms. The Morgan fingerprint density at radius 3 is 2.18 bits per heavy atom. The van der Waals surface area contributed by atoms with Crippen molar-refractivity contribution in [3.8, 4) is 0 Å². The Bertz CT molecular complexity index is 254. The predicted octanol–water partition coefficient (Wildman–Crippen LogP) is 2.23. The zero-order chi connectivity index (χ0) is 8.27. The maximum Gasteiger partial charge on any atom is -0.00562 e. The van der Waals surface area contributed by atoms with Crippen molar-refractivity contribution in [1.29, 1.82) is 0 Å². The van der Waals surface area contributed by atoms with Gasteiger partial charge in [-0.2, -0.15) is 0 Å². The van der Waals surface area contributed by atoms with Gasteiger partial charge in [-0.15, -0.1) is 0 Å². The highest BCUT2D eigenvalue weighted by molar-refractivity contribution is 5.56. The Morgan fingerprint density at radius 2 is 1.73 bits per heavy atom. The molecule has 1 rings (SSSR count). The first-order valence-electron chi connectivity index (χ1n) is 3.70. The van der Waals surface area contributed by atoms with Gasteiger partial charge >= 0.3 is 0 Å². The fourth-order valence-electron chi connectivity index (χ4n) is 1.19. The molecule has 0 saturated carbocycles. The van der Waals surface area contributed by atoms with Crippen LogP contribution in [0.5, 0.6) is 0 Å². The van der Waals surface area contributed by atoms with Crippen molar-refractivity contribution in [1.82, 2.24) is 0 Å². The van der Waals surface area contributed by atoms with Crippen molar-refractivity contribution in [2.75, 3.05) is 0 Å². The van der Waals surface area contributed by atoms with Crippen LogP contribution in [0.2, 0.25) is 0 Å². The van der Waals surface area contributed by atoms with Gasteiger partial charge in [0.1, 0.15) is 0 Å². The lowest BCUT2D eigenvalue weighted by Gasteiger charge is -2.02. The minimum Gasteiger partial charge on any atom is -0.405 e. The molecule has 0 aromatic heterocycles. The van der Waals surface area contributed by atoms with Crippen molar-refractivity contribution >= 4 is 6.08 Å². The van der Waals surface area contributed by atoms with Gasteiger partial charge in [0.15, 0.2) is 0 Å². The highest BCUT2D eigenvalue weighted by Crippen LogP contribution is 2.13. The van der Waals surface area contributed by atoms with E-state index in [4.69, 9.17) is 5.73 Å². The van der Waals surface area contributed by atoms with Crippen LogP contribution < -0.4 is 5.73 Å². The van der Waals surface area contributed by atoms with E-state index >= 15 is 0 Å². The highest BCUT2D eigenvalue weighted by atomic mass is 14.5. The number of hydrogen-bond acceptors (Lipinski definition) is 1. The van der Waals surface area contributed by atoms with E-state index in [1.54, 1.807) is 6.20 Å². The van der Waals surface area contributed by atoms with Crippen LogP contribution >= 0.6 is 0 Å². The lowest BCUT2D eigenvalue weighted by Crippen LogP contribution is -1.86. The summed E-state index contributed by atoms with van der Waals surface area (Å²) in [6.45, 7) is 4.17. The molecule has 0 aliphatic rings. The summed E-state index contributed by atoms with van der Waals surface area (Å²) in [5, 5.41) is 0. The van der Waals surface area contributed by atoms with Crippen molar-refractivity contribution in [2.24, 2.45) is 5.73 Å². The van der Waals surface area contributed by atoms with Crippen molar-refractivity contribution < 1.29 is 0 Å². The number of nitrogens with two attached hydrogens (primary N) is 1. The molecule has 1 nitrogen and oxygen atoms in total. The summed E-state index contributed by atoms with van der Waals surface area (Å²) in [5.74, 6) is 0. The molecule has 0 aliphatic carbocycles. The second-order valence-corrected chi connectivity index (χ2v) is 2.66. The molecule has 0 heterocycles.